The van der Waals surface area contributed by atoms with Crippen LogP contribution in [0.1, 0.15) is 32.8 Å². The number of anilines is 1. The Labute approximate surface area is 102 Å². The molecule has 4 heteroatoms. The molecule has 1 heterocycles. The second-order valence-corrected chi connectivity index (χ2v) is 4.64. The van der Waals surface area contributed by atoms with Gasteiger partial charge in [0.25, 0.3) is 0 Å². The molecular weight excluding hydrogens is 218 g/mol. The van der Waals surface area contributed by atoms with Crippen LogP contribution in [0.3, 0.4) is 0 Å². The number of rotatable bonds is 5. The highest BCUT2D eigenvalue weighted by Crippen LogP contribution is 2.14. The third-order valence-electron chi connectivity index (χ3n) is 2.62. The molecule has 0 saturated carbocycles. The molecule has 0 aromatic carbocycles. The van der Waals surface area contributed by atoms with Crippen LogP contribution in [0.5, 0.6) is 0 Å². The summed E-state index contributed by atoms with van der Waals surface area (Å²) >= 11 is 4.94. The maximum atomic E-state index is 5.58. The van der Waals surface area contributed by atoms with E-state index in [1.807, 2.05) is 12.1 Å². The number of nitrogens with two attached hydrogens (primary N) is 1. The topological polar surface area (TPSA) is 50.9 Å². The summed E-state index contributed by atoms with van der Waals surface area (Å²) in [5, 5.41) is 3.40. The number of thiocarbonyl (C=S) groups is 1. The molecule has 1 unspecified atom stereocenters. The Morgan fingerprint density at radius 1 is 1.56 bits per heavy atom. The van der Waals surface area contributed by atoms with Gasteiger partial charge in [-0.25, -0.2) is 4.98 Å². The molecule has 0 saturated heterocycles. The van der Waals surface area contributed by atoms with Gasteiger partial charge in [0.1, 0.15) is 10.8 Å². The van der Waals surface area contributed by atoms with E-state index in [1.165, 1.54) is 0 Å². The number of aromatic nitrogens is 1. The molecule has 0 radical (unpaired) electrons. The van der Waals surface area contributed by atoms with Gasteiger partial charge in [-0.3, -0.25) is 0 Å². The van der Waals surface area contributed by atoms with Crippen LogP contribution in [0, 0.1) is 5.92 Å². The summed E-state index contributed by atoms with van der Waals surface area (Å²) in [5.41, 5.74) is 6.43. The molecule has 0 spiro atoms. The lowest BCUT2D eigenvalue weighted by Crippen LogP contribution is -2.25. The fourth-order valence-corrected chi connectivity index (χ4v) is 1.72. The molecule has 0 aliphatic heterocycles. The molecule has 0 amide bonds. The Bertz CT molecular complexity index is 363. The smallest absolute Gasteiger partial charge is 0.126 e. The number of nitrogens with one attached hydrogen (secondary N) is 1. The van der Waals surface area contributed by atoms with E-state index in [2.05, 4.69) is 31.1 Å². The van der Waals surface area contributed by atoms with Crippen molar-refractivity contribution < 1.29 is 0 Å². The van der Waals surface area contributed by atoms with E-state index in [1.54, 1.807) is 6.20 Å². The first kappa shape index (κ1) is 12.9. The van der Waals surface area contributed by atoms with Gasteiger partial charge < -0.3 is 11.1 Å². The van der Waals surface area contributed by atoms with Gasteiger partial charge >= 0.3 is 0 Å². The van der Waals surface area contributed by atoms with Crippen LogP contribution in [-0.2, 0) is 0 Å². The first-order valence-corrected chi connectivity index (χ1v) is 5.97. The van der Waals surface area contributed by atoms with Crippen LogP contribution < -0.4 is 11.1 Å². The average molecular weight is 237 g/mol. The summed E-state index contributed by atoms with van der Waals surface area (Å²) in [5.74, 6) is 1.41. The van der Waals surface area contributed by atoms with Gasteiger partial charge in [-0.2, -0.15) is 0 Å². The first-order valence-electron chi connectivity index (χ1n) is 5.57. The van der Waals surface area contributed by atoms with Crippen LogP contribution in [0.4, 0.5) is 5.82 Å². The standard InChI is InChI=1S/C12H19N3S/c1-4-10(8(2)3)15-11-7-9(12(13)16)5-6-14-11/h5-8,10H,4H2,1-3H3,(H2,13,16)(H,14,15). The SMILES string of the molecule is CCC(Nc1cc(C(N)=S)ccn1)C(C)C. The molecule has 0 fully saturated rings. The van der Waals surface area contributed by atoms with E-state index in [9.17, 15) is 0 Å². The van der Waals surface area contributed by atoms with Crippen molar-refractivity contribution in [1.29, 1.82) is 0 Å². The highest BCUT2D eigenvalue weighted by molar-refractivity contribution is 7.80. The molecule has 0 aliphatic rings. The Morgan fingerprint density at radius 3 is 2.75 bits per heavy atom. The molecule has 3 nitrogen and oxygen atoms in total. The van der Waals surface area contributed by atoms with E-state index >= 15 is 0 Å². The Kier molecular flexibility index (Phi) is 4.68. The zero-order valence-corrected chi connectivity index (χ0v) is 10.8. The minimum absolute atomic E-state index is 0.406. The summed E-state index contributed by atoms with van der Waals surface area (Å²) in [4.78, 5) is 4.67. The van der Waals surface area contributed by atoms with Gasteiger partial charge in [0, 0.05) is 17.8 Å². The number of hydrogen-bond acceptors (Lipinski definition) is 3. The summed E-state index contributed by atoms with van der Waals surface area (Å²) in [7, 11) is 0. The van der Waals surface area contributed by atoms with Crippen LogP contribution in [0.2, 0.25) is 0 Å². The number of pyridine rings is 1. The Hall–Kier alpha value is -1.16. The molecule has 1 rings (SSSR count). The van der Waals surface area contributed by atoms with Gasteiger partial charge in [0.15, 0.2) is 0 Å². The zero-order chi connectivity index (χ0) is 12.1. The lowest BCUT2D eigenvalue weighted by Gasteiger charge is -2.21. The lowest BCUT2D eigenvalue weighted by molar-refractivity contribution is 0.510. The van der Waals surface area contributed by atoms with Gasteiger partial charge in [-0.05, 0) is 24.5 Å². The second-order valence-electron chi connectivity index (χ2n) is 4.20. The van der Waals surface area contributed by atoms with Crippen molar-refractivity contribution in [1.82, 2.24) is 4.98 Å². The highest BCUT2D eigenvalue weighted by atomic mass is 32.1. The van der Waals surface area contributed by atoms with Gasteiger partial charge in [-0.15, -0.1) is 0 Å². The van der Waals surface area contributed by atoms with Crippen LogP contribution in [0.15, 0.2) is 18.3 Å². The first-order chi connectivity index (χ1) is 7.54. The zero-order valence-electron chi connectivity index (χ0n) is 10.0. The van der Waals surface area contributed by atoms with E-state index in [-0.39, 0.29) is 0 Å². The normalized spacial score (nSPS) is 12.5. The van der Waals surface area contributed by atoms with Crippen molar-refractivity contribution in [2.45, 2.75) is 33.2 Å². The maximum absolute atomic E-state index is 5.58. The molecule has 1 aromatic rings. The summed E-state index contributed by atoms with van der Waals surface area (Å²) in [6.45, 7) is 6.55. The molecule has 0 bridgehead atoms. The van der Waals surface area contributed by atoms with Crippen molar-refractivity contribution in [2.75, 3.05) is 5.32 Å². The largest absolute Gasteiger partial charge is 0.389 e. The Morgan fingerprint density at radius 2 is 2.25 bits per heavy atom. The molecule has 1 atom stereocenters. The van der Waals surface area contributed by atoms with Gasteiger partial charge in [0.05, 0.1) is 0 Å². The van der Waals surface area contributed by atoms with Crippen molar-refractivity contribution in [2.24, 2.45) is 11.7 Å². The minimum Gasteiger partial charge on any atom is -0.389 e. The van der Waals surface area contributed by atoms with E-state index in [0.717, 1.165) is 17.8 Å². The van der Waals surface area contributed by atoms with E-state index < -0.39 is 0 Å². The number of hydrogen-bond donors (Lipinski definition) is 2. The third kappa shape index (κ3) is 3.45. The second kappa shape index (κ2) is 5.80. The molecule has 1 aromatic heterocycles. The van der Waals surface area contributed by atoms with Crippen molar-refractivity contribution in [3.05, 3.63) is 23.9 Å². The van der Waals surface area contributed by atoms with Crippen LogP contribution in [0.25, 0.3) is 0 Å². The van der Waals surface area contributed by atoms with Crippen molar-refractivity contribution >= 4 is 23.0 Å². The summed E-state index contributed by atoms with van der Waals surface area (Å²) in [6.07, 6.45) is 2.79. The lowest BCUT2D eigenvalue weighted by atomic mass is 10.0. The van der Waals surface area contributed by atoms with Crippen LogP contribution >= 0.6 is 12.2 Å². The third-order valence-corrected chi connectivity index (χ3v) is 2.86. The Balaban J connectivity index is 2.80. The molecule has 16 heavy (non-hydrogen) atoms. The maximum Gasteiger partial charge on any atom is 0.126 e. The van der Waals surface area contributed by atoms with E-state index in [0.29, 0.717) is 16.9 Å². The molecule has 3 N–H and O–H groups in total. The highest BCUT2D eigenvalue weighted by Gasteiger charge is 2.11. The predicted octanol–water partition coefficient (Wildman–Crippen LogP) is 2.56. The quantitative estimate of drug-likeness (QED) is 0.773. The van der Waals surface area contributed by atoms with Crippen molar-refractivity contribution in [3.63, 3.8) is 0 Å². The molecule has 0 aliphatic carbocycles. The minimum atomic E-state index is 0.406. The fourth-order valence-electron chi connectivity index (χ4n) is 1.59. The average Bonchev–Trinajstić information content (AvgIpc) is 2.25. The molecule has 88 valence electrons. The molecular formula is C12H19N3S. The fraction of sp³-hybridized carbons (Fsp3) is 0.500. The summed E-state index contributed by atoms with van der Waals surface area (Å²) in [6, 6.07) is 4.14. The van der Waals surface area contributed by atoms with Gasteiger partial charge in [0.2, 0.25) is 0 Å². The summed E-state index contributed by atoms with van der Waals surface area (Å²) < 4.78 is 0. The van der Waals surface area contributed by atoms with Crippen LogP contribution in [-0.4, -0.2) is 16.0 Å². The van der Waals surface area contributed by atoms with Gasteiger partial charge in [-0.1, -0.05) is 33.0 Å². The predicted molar refractivity (Wildman–Crippen MR) is 72.7 cm³/mol. The van der Waals surface area contributed by atoms with Crippen molar-refractivity contribution in [3.8, 4) is 0 Å². The number of nitrogens with zero attached hydrogens (tertiary/aromatic N) is 1. The van der Waals surface area contributed by atoms with E-state index in [4.69, 9.17) is 18.0 Å². The monoisotopic (exact) mass is 237 g/mol.